The van der Waals surface area contributed by atoms with Crippen LogP contribution in [0.5, 0.6) is 11.5 Å². The highest BCUT2D eigenvalue weighted by Crippen LogP contribution is 2.14. The van der Waals surface area contributed by atoms with E-state index in [2.05, 4.69) is 10.9 Å². The first kappa shape index (κ1) is 22.7. The van der Waals surface area contributed by atoms with Crippen LogP contribution >= 0.6 is 0 Å². The van der Waals surface area contributed by atoms with Gasteiger partial charge in [0.15, 0.2) is 6.61 Å². The Kier molecular flexibility index (Phi) is 8.68. The van der Waals surface area contributed by atoms with Crippen molar-refractivity contribution in [2.24, 2.45) is 0 Å². The number of hydrazine groups is 1. The summed E-state index contributed by atoms with van der Waals surface area (Å²) in [7, 11) is 0. The highest BCUT2D eigenvalue weighted by Gasteiger charge is 2.10. The van der Waals surface area contributed by atoms with Crippen molar-refractivity contribution in [3.05, 3.63) is 59.7 Å². The smallest absolute Gasteiger partial charge is 0.338 e. The summed E-state index contributed by atoms with van der Waals surface area (Å²) in [5.74, 6) is -0.343. The fourth-order valence-corrected chi connectivity index (χ4v) is 2.31. The van der Waals surface area contributed by atoms with Gasteiger partial charge in [-0.25, -0.2) is 4.79 Å². The Hall–Kier alpha value is -3.55. The summed E-state index contributed by atoms with van der Waals surface area (Å²) in [6, 6.07) is 12.8. The molecule has 0 aliphatic carbocycles. The van der Waals surface area contributed by atoms with Gasteiger partial charge in [0.1, 0.15) is 11.5 Å². The number of hydrogen-bond acceptors (Lipinski definition) is 6. The van der Waals surface area contributed by atoms with Gasteiger partial charge in [-0.05, 0) is 68.8 Å². The molecule has 2 aromatic carbocycles. The van der Waals surface area contributed by atoms with E-state index in [0.717, 1.165) is 6.42 Å². The summed E-state index contributed by atoms with van der Waals surface area (Å²) >= 11 is 0. The molecule has 2 amide bonds. The first-order valence-corrected chi connectivity index (χ1v) is 9.65. The maximum absolute atomic E-state index is 12.1. The lowest BCUT2D eigenvalue weighted by Crippen LogP contribution is -2.43. The lowest BCUT2D eigenvalue weighted by atomic mass is 10.2. The second-order valence-corrected chi connectivity index (χ2v) is 6.64. The van der Waals surface area contributed by atoms with Crippen molar-refractivity contribution < 1.29 is 28.6 Å². The molecule has 0 bridgehead atoms. The van der Waals surface area contributed by atoms with Gasteiger partial charge in [-0.2, -0.15) is 0 Å². The molecule has 0 unspecified atom stereocenters. The van der Waals surface area contributed by atoms with Gasteiger partial charge in [0, 0.05) is 5.56 Å². The number of nitrogens with one attached hydrogen (secondary N) is 2. The van der Waals surface area contributed by atoms with Crippen molar-refractivity contribution in [2.45, 2.75) is 33.3 Å². The average Bonchev–Trinajstić information content (AvgIpc) is 2.74. The van der Waals surface area contributed by atoms with Gasteiger partial charge in [-0.3, -0.25) is 20.4 Å². The third-order valence-electron chi connectivity index (χ3n) is 3.70. The lowest BCUT2D eigenvalue weighted by Gasteiger charge is -2.11. The Morgan fingerprint density at radius 1 is 0.867 bits per heavy atom. The first-order valence-electron chi connectivity index (χ1n) is 9.65. The summed E-state index contributed by atoms with van der Waals surface area (Å²) in [6.07, 6.45) is 0.784. The van der Waals surface area contributed by atoms with Crippen molar-refractivity contribution in [3.63, 3.8) is 0 Å². The molecule has 0 aromatic heterocycles. The number of carbonyl (C=O) groups is 3. The minimum Gasteiger partial charge on any atom is -0.491 e. The van der Waals surface area contributed by atoms with E-state index in [1.807, 2.05) is 20.8 Å². The third kappa shape index (κ3) is 7.46. The highest BCUT2D eigenvalue weighted by molar-refractivity contribution is 5.95. The van der Waals surface area contributed by atoms with Gasteiger partial charge >= 0.3 is 5.97 Å². The highest BCUT2D eigenvalue weighted by atomic mass is 16.5. The largest absolute Gasteiger partial charge is 0.491 e. The molecular formula is C22H26N2O6. The molecule has 0 aliphatic rings. The molecule has 8 nitrogen and oxygen atoms in total. The van der Waals surface area contributed by atoms with E-state index in [0.29, 0.717) is 29.2 Å². The van der Waals surface area contributed by atoms with E-state index in [-0.39, 0.29) is 12.7 Å². The molecule has 0 atom stereocenters. The Bertz CT molecular complexity index is 847. The van der Waals surface area contributed by atoms with Crippen LogP contribution in [0.15, 0.2) is 48.5 Å². The number of carbonyl (C=O) groups excluding carboxylic acids is 3. The zero-order valence-corrected chi connectivity index (χ0v) is 17.3. The van der Waals surface area contributed by atoms with Crippen LogP contribution in [0.2, 0.25) is 0 Å². The Morgan fingerprint density at radius 2 is 1.47 bits per heavy atom. The first-order chi connectivity index (χ1) is 14.4. The van der Waals surface area contributed by atoms with Crippen molar-refractivity contribution in [1.82, 2.24) is 10.9 Å². The lowest BCUT2D eigenvalue weighted by molar-refractivity contribution is -0.123. The molecule has 0 aliphatic heterocycles. The van der Waals surface area contributed by atoms with Gasteiger partial charge in [0.2, 0.25) is 0 Å². The molecule has 160 valence electrons. The molecular weight excluding hydrogens is 388 g/mol. The second-order valence-electron chi connectivity index (χ2n) is 6.64. The number of ether oxygens (including phenoxy) is 3. The van der Waals surface area contributed by atoms with E-state index in [1.54, 1.807) is 48.5 Å². The molecule has 30 heavy (non-hydrogen) atoms. The molecule has 0 fully saturated rings. The van der Waals surface area contributed by atoms with Crippen LogP contribution in [-0.2, 0) is 9.53 Å². The summed E-state index contributed by atoms with van der Waals surface area (Å²) in [5.41, 5.74) is 5.37. The van der Waals surface area contributed by atoms with Crippen LogP contribution in [0.4, 0.5) is 0 Å². The molecule has 0 saturated heterocycles. The summed E-state index contributed by atoms with van der Waals surface area (Å²) in [5, 5.41) is 0. The van der Waals surface area contributed by atoms with E-state index >= 15 is 0 Å². The Balaban J connectivity index is 1.75. The molecule has 2 rings (SSSR count). The van der Waals surface area contributed by atoms with Crippen LogP contribution in [0.3, 0.4) is 0 Å². The van der Waals surface area contributed by atoms with Gasteiger partial charge in [0.05, 0.1) is 18.3 Å². The fraction of sp³-hybridized carbons (Fsp3) is 0.318. The predicted octanol–water partition coefficient (Wildman–Crippen LogP) is 2.88. The van der Waals surface area contributed by atoms with Gasteiger partial charge < -0.3 is 14.2 Å². The van der Waals surface area contributed by atoms with Crippen molar-refractivity contribution >= 4 is 17.8 Å². The SMILES string of the molecule is CCCOC(=O)c1ccc(OCC(=O)NNC(=O)c2ccc(OC(C)C)cc2)cc1. The molecule has 0 radical (unpaired) electrons. The Morgan fingerprint density at radius 3 is 2.07 bits per heavy atom. The number of rotatable bonds is 9. The minimum atomic E-state index is -0.533. The molecule has 0 heterocycles. The van der Waals surface area contributed by atoms with Crippen molar-refractivity contribution in [3.8, 4) is 11.5 Å². The van der Waals surface area contributed by atoms with Crippen LogP contribution in [0.25, 0.3) is 0 Å². The van der Waals surface area contributed by atoms with Crippen molar-refractivity contribution in [2.75, 3.05) is 13.2 Å². The molecule has 0 spiro atoms. The number of benzene rings is 2. The maximum Gasteiger partial charge on any atom is 0.338 e. The zero-order chi connectivity index (χ0) is 21.9. The molecule has 0 saturated carbocycles. The normalized spacial score (nSPS) is 10.3. The average molecular weight is 414 g/mol. The maximum atomic E-state index is 12.1. The van der Waals surface area contributed by atoms with Crippen LogP contribution in [0.1, 0.15) is 47.9 Å². The topological polar surface area (TPSA) is 103 Å². The van der Waals surface area contributed by atoms with Crippen LogP contribution < -0.4 is 20.3 Å². The Labute approximate surface area is 175 Å². The minimum absolute atomic E-state index is 0.0371. The number of hydrogen-bond donors (Lipinski definition) is 2. The second kappa shape index (κ2) is 11.5. The summed E-state index contributed by atoms with van der Waals surface area (Å²) in [6.45, 7) is 5.79. The monoisotopic (exact) mass is 414 g/mol. The number of amides is 2. The van der Waals surface area contributed by atoms with E-state index in [1.165, 1.54) is 0 Å². The van der Waals surface area contributed by atoms with E-state index < -0.39 is 17.8 Å². The predicted molar refractivity (Wildman–Crippen MR) is 110 cm³/mol. The fourth-order valence-electron chi connectivity index (χ4n) is 2.31. The van der Waals surface area contributed by atoms with Gasteiger partial charge in [-0.1, -0.05) is 6.92 Å². The quantitative estimate of drug-likeness (QED) is 0.483. The summed E-state index contributed by atoms with van der Waals surface area (Å²) in [4.78, 5) is 35.7. The van der Waals surface area contributed by atoms with Gasteiger partial charge in [-0.15, -0.1) is 0 Å². The van der Waals surface area contributed by atoms with Crippen molar-refractivity contribution in [1.29, 1.82) is 0 Å². The molecule has 2 aromatic rings. The number of esters is 1. The van der Waals surface area contributed by atoms with Crippen LogP contribution in [-0.4, -0.2) is 37.1 Å². The van der Waals surface area contributed by atoms with E-state index in [9.17, 15) is 14.4 Å². The van der Waals surface area contributed by atoms with E-state index in [4.69, 9.17) is 14.2 Å². The molecule has 8 heteroatoms. The summed E-state index contributed by atoms with van der Waals surface area (Å²) < 4.78 is 15.9. The third-order valence-corrected chi connectivity index (χ3v) is 3.70. The van der Waals surface area contributed by atoms with Crippen LogP contribution in [0, 0.1) is 0 Å². The van der Waals surface area contributed by atoms with Gasteiger partial charge in [0.25, 0.3) is 11.8 Å². The zero-order valence-electron chi connectivity index (χ0n) is 17.3. The molecule has 2 N–H and O–H groups in total. The standard InChI is InChI=1S/C22H26N2O6/c1-4-13-28-22(27)17-7-9-18(10-8-17)29-14-20(25)23-24-21(26)16-5-11-19(12-6-16)30-15(2)3/h5-12,15H,4,13-14H2,1-3H3,(H,23,25)(H,24,26).